The van der Waals surface area contributed by atoms with Crippen molar-refractivity contribution in [2.24, 2.45) is 0 Å². The van der Waals surface area contributed by atoms with Crippen LogP contribution >= 0.6 is 0 Å². The van der Waals surface area contributed by atoms with Gasteiger partial charge in [-0.2, -0.15) is 4.98 Å². The number of benzene rings is 2. The van der Waals surface area contributed by atoms with Crippen molar-refractivity contribution in [3.63, 3.8) is 0 Å². The molecule has 0 saturated carbocycles. The van der Waals surface area contributed by atoms with Crippen molar-refractivity contribution in [3.8, 4) is 22.9 Å². The zero-order chi connectivity index (χ0) is 21.3. The number of ether oxygens (including phenoxy) is 2. The summed E-state index contributed by atoms with van der Waals surface area (Å²) in [7, 11) is 1.59. The number of aromatic hydroxyl groups is 1. The quantitative estimate of drug-likeness (QED) is 0.626. The van der Waals surface area contributed by atoms with E-state index in [4.69, 9.17) is 14.6 Å². The van der Waals surface area contributed by atoms with Gasteiger partial charge in [0.05, 0.1) is 24.9 Å². The summed E-state index contributed by atoms with van der Waals surface area (Å²) in [4.78, 5) is 17.4. The highest BCUT2D eigenvalue weighted by Gasteiger charge is 2.35. The first-order chi connectivity index (χ1) is 14.5. The van der Waals surface area contributed by atoms with Crippen LogP contribution in [0.25, 0.3) is 11.4 Å². The van der Waals surface area contributed by atoms with Gasteiger partial charge in [0.2, 0.25) is 5.95 Å². The van der Waals surface area contributed by atoms with Crippen LogP contribution in [0.15, 0.2) is 59.8 Å². The number of rotatable bonds is 5. The van der Waals surface area contributed by atoms with E-state index in [0.29, 0.717) is 28.8 Å². The molecule has 0 amide bonds. The Labute approximate surface area is 173 Å². The fourth-order valence-electron chi connectivity index (χ4n) is 3.53. The number of para-hydroxylation sites is 1. The molecule has 1 aliphatic heterocycles. The van der Waals surface area contributed by atoms with Gasteiger partial charge < -0.3 is 19.9 Å². The van der Waals surface area contributed by atoms with Gasteiger partial charge in [-0.05, 0) is 43.7 Å². The minimum Gasteiger partial charge on any atom is -0.508 e. The molecule has 2 N–H and O–H groups in total. The van der Waals surface area contributed by atoms with Crippen molar-refractivity contribution < 1.29 is 19.4 Å². The van der Waals surface area contributed by atoms with Gasteiger partial charge in [-0.25, -0.2) is 9.48 Å². The first-order valence-electron chi connectivity index (χ1n) is 9.57. The van der Waals surface area contributed by atoms with Crippen LogP contribution in [0, 0.1) is 0 Å². The zero-order valence-corrected chi connectivity index (χ0v) is 16.9. The van der Waals surface area contributed by atoms with E-state index in [2.05, 4.69) is 10.3 Å². The molecule has 30 heavy (non-hydrogen) atoms. The third-order valence-corrected chi connectivity index (χ3v) is 4.90. The lowest BCUT2D eigenvalue weighted by Gasteiger charge is -2.28. The van der Waals surface area contributed by atoms with Gasteiger partial charge in [0.15, 0.2) is 5.82 Å². The largest absolute Gasteiger partial charge is 0.508 e. The lowest BCUT2D eigenvalue weighted by molar-refractivity contribution is -0.139. The van der Waals surface area contributed by atoms with Crippen LogP contribution in [0.5, 0.6) is 11.5 Å². The van der Waals surface area contributed by atoms with E-state index in [1.54, 1.807) is 49.9 Å². The molecule has 2 aromatic carbocycles. The molecule has 1 aromatic heterocycles. The molecular weight excluding hydrogens is 384 g/mol. The summed E-state index contributed by atoms with van der Waals surface area (Å²) in [5.74, 6) is 1.33. The Bertz CT molecular complexity index is 1120. The number of fused-ring (bicyclic) bond motifs is 1. The highest BCUT2D eigenvalue weighted by molar-refractivity contribution is 5.92. The fourth-order valence-corrected chi connectivity index (χ4v) is 3.53. The van der Waals surface area contributed by atoms with Crippen LogP contribution < -0.4 is 10.1 Å². The van der Waals surface area contributed by atoms with Crippen molar-refractivity contribution in [3.05, 3.63) is 65.4 Å². The molecule has 1 aliphatic rings. The molecule has 154 valence electrons. The number of esters is 1. The number of hydrogen-bond donors (Lipinski definition) is 2. The van der Waals surface area contributed by atoms with Crippen LogP contribution in [0.1, 0.15) is 25.5 Å². The standard InChI is InChI=1S/C22H22N4O4/c1-4-30-21(28)18-13(2)23-22-24-20(16-7-5-6-8-17(16)29-3)25-26(22)19(18)14-9-11-15(27)12-10-14/h5-12,19,27H,4H2,1-3H3,(H,23,24,25). The Kier molecular flexibility index (Phi) is 5.14. The maximum absolute atomic E-state index is 12.8. The van der Waals surface area contributed by atoms with Crippen molar-refractivity contribution in [1.82, 2.24) is 14.8 Å². The van der Waals surface area contributed by atoms with Crippen LogP contribution in [0.2, 0.25) is 0 Å². The van der Waals surface area contributed by atoms with Gasteiger partial charge in [0, 0.05) is 5.70 Å². The molecular formula is C22H22N4O4. The molecule has 0 bridgehead atoms. The average Bonchev–Trinajstić information content (AvgIpc) is 3.17. The Hall–Kier alpha value is -3.81. The summed E-state index contributed by atoms with van der Waals surface area (Å²) < 4.78 is 12.4. The van der Waals surface area contributed by atoms with Crippen LogP contribution in [0.4, 0.5) is 5.95 Å². The van der Waals surface area contributed by atoms with Crippen molar-refractivity contribution >= 4 is 11.9 Å². The van der Waals surface area contributed by atoms with Crippen molar-refractivity contribution in [2.45, 2.75) is 19.9 Å². The number of carbonyl (C=O) groups excluding carboxylic acids is 1. The maximum atomic E-state index is 12.8. The van der Waals surface area contributed by atoms with Crippen LogP contribution in [-0.4, -0.2) is 39.6 Å². The summed E-state index contributed by atoms with van der Waals surface area (Å²) in [5, 5.41) is 17.6. The Balaban J connectivity index is 1.87. The molecule has 3 aromatic rings. The highest BCUT2D eigenvalue weighted by atomic mass is 16.5. The third-order valence-electron chi connectivity index (χ3n) is 4.90. The number of nitrogens with zero attached hydrogens (tertiary/aromatic N) is 3. The minimum absolute atomic E-state index is 0.139. The van der Waals surface area contributed by atoms with Gasteiger partial charge in [0.1, 0.15) is 17.5 Å². The predicted molar refractivity (Wildman–Crippen MR) is 111 cm³/mol. The number of aromatic nitrogens is 3. The van der Waals surface area contributed by atoms with Crippen molar-refractivity contribution in [1.29, 1.82) is 0 Å². The molecule has 8 heteroatoms. The van der Waals surface area contributed by atoms with E-state index in [1.807, 2.05) is 24.3 Å². The monoisotopic (exact) mass is 406 g/mol. The molecule has 4 rings (SSSR count). The number of phenolic OH excluding ortho intramolecular Hbond substituents is 1. The van der Waals surface area contributed by atoms with Gasteiger partial charge in [-0.3, -0.25) is 0 Å². The van der Waals surface area contributed by atoms with Gasteiger partial charge in [-0.1, -0.05) is 24.3 Å². The van der Waals surface area contributed by atoms with Crippen molar-refractivity contribution in [2.75, 3.05) is 19.0 Å². The number of allylic oxidation sites excluding steroid dienone is 1. The zero-order valence-electron chi connectivity index (χ0n) is 16.9. The fraction of sp³-hybridized carbons (Fsp3) is 0.227. The molecule has 1 unspecified atom stereocenters. The second-order valence-electron chi connectivity index (χ2n) is 6.78. The maximum Gasteiger partial charge on any atom is 0.338 e. The van der Waals surface area contributed by atoms with Gasteiger partial charge in [0.25, 0.3) is 0 Å². The second-order valence-corrected chi connectivity index (χ2v) is 6.78. The molecule has 0 fully saturated rings. The van der Waals surface area contributed by atoms with Gasteiger partial charge in [-0.15, -0.1) is 5.10 Å². The lowest BCUT2D eigenvalue weighted by Crippen LogP contribution is -2.29. The smallest absolute Gasteiger partial charge is 0.338 e. The number of hydrogen-bond acceptors (Lipinski definition) is 7. The van der Waals surface area contributed by atoms with Crippen LogP contribution in [0.3, 0.4) is 0 Å². The number of carbonyl (C=O) groups is 1. The number of phenols is 1. The van der Waals surface area contributed by atoms with E-state index >= 15 is 0 Å². The van der Waals surface area contributed by atoms with E-state index in [1.165, 1.54) is 0 Å². The highest BCUT2D eigenvalue weighted by Crippen LogP contribution is 2.38. The molecule has 1 atom stereocenters. The number of nitrogens with one attached hydrogen (secondary N) is 1. The Morgan fingerprint density at radius 3 is 2.63 bits per heavy atom. The molecule has 0 saturated heterocycles. The molecule has 0 radical (unpaired) electrons. The van der Waals surface area contributed by atoms with E-state index in [-0.39, 0.29) is 12.4 Å². The molecule has 2 heterocycles. The summed E-state index contributed by atoms with van der Waals surface area (Å²) in [6, 6.07) is 13.6. The minimum atomic E-state index is -0.558. The Morgan fingerprint density at radius 1 is 1.20 bits per heavy atom. The molecule has 0 aliphatic carbocycles. The average molecular weight is 406 g/mol. The van der Waals surface area contributed by atoms with E-state index < -0.39 is 12.0 Å². The topological polar surface area (TPSA) is 98.5 Å². The second kappa shape index (κ2) is 7.90. The van der Waals surface area contributed by atoms with E-state index in [9.17, 15) is 9.90 Å². The SMILES string of the molecule is CCOC(=O)C1=C(C)Nc2nc(-c3ccccc3OC)nn2C1c1ccc(O)cc1. The number of methoxy groups -OCH3 is 1. The van der Waals surface area contributed by atoms with Gasteiger partial charge >= 0.3 is 5.97 Å². The first-order valence-corrected chi connectivity index (χ1v) is 9.57. The lowest BCUT2D eigenvalue weighted by atomic mass is 9.96. The number of anilines is 1. The molecule has 0 spiro atoms. The third kappa shape index (κ3) is 3.36. The van der Waals surface area contributed by atoms with E-state index in [0.717, 1.165) is 11.1 Å². The first kappa shape index (κ1) is 19.5. The summed E-state index contributed by atoms with van der Waals surface area (Å²) in [6.45, 7) is 3.83. The Morgan fingerprint density at radius 2 is 1.93 bits per heavy atom. The van der Waals surface area contributed by atoms with Crippen LogP contribution in [-0.2, 0) is 9.53 Å². The normalized spacial score (nSPS) is 15.4. The summed E-state index contributed by atoms with van der Waals surface area (Å²) in [6.07, 6.45) is 0. The predicted octanol–water partition coefficient (Wildman–Crippen LogP) is 3.51. The summed E-state index contributed by atoms with van der Waals surface area (Å²) in [5.41, 5.74) is 2.59. The summed E-state index contributed by atoms with van der Waals surface area (Å²) >= 11 is 0. The molecule has 8 nitrogen and oxygen atoms in total.